The number of esters is 1. The van der Waals surface area contributed by atoms with Gasteiger partial charge in [0.1, 0.15) is 5.75 Å². The second-order valence-corrected chi connectivity index (χ2v) is 6.25. The highest BCUT2D eigenvalue weighted by molar-refractivity contribution is 5.96. The molecule has 0 spiro atoms. The van der Waals surface area contributed by atoms with Crippen LogP contribution < -0.4 is 9.64 Å². The van der Waals surface area contributed by atoms with Gasteiger partial charge in [-0.1, -0.05) is 12.1 Å². The molecule has 1 heterocycles. The Morgan fingerprint density at radius 1 is 0.963 bits per heavy atom. The van der Waals surface area contributed by atoms with Crippen LogP contribution in [0.2, 0.25) is 0 Å². The van der Waals surface area contributed by atoms with Gasteiger partial charge in [-0.05, 0) is 43.3 Å². The van der Waals surface area contributed by atoms with Gasteiger partial charge in [-0.15, -0.1) is 0 Å². The lowest BCUT2D eigenvalue weighted by Gasteiger charge is -2.36. The van der Waals surface area contributed by atoms with Gasteiger partial charge in [-0.25, -0.2) is 4.79 Å². The summed E-state index contributed by atoms with van der Waals surface area (Å²) >= 11 is 0. The molecule has 1 aliphatic rings. The van der Waals surface area contributed by atoms with Crippen LogP contribution in [0.1, 0.15) is 27.6 Å². The standard InChI is InChI=1S/C21H24N2O4/c1-3-27-21(25)18-6-4-5-7-19(18)22-12-14-23(15-13-22)20(24)16-8-10-17(26-2)11-9-16/h4-11H,3,12-15H2,1-2H3. The molecule has 1 aliphatic heterocycles. The average Bonchev–Trinajstić information content (AvgIpc) is 2.73. The summed E-state index contributed by atoms with van der Waals surface area (Å²) in [5.41, 5.74) is 2.07. The number of hydrogen-bond donors (Lipinski definition) is 0. The number of piperazine rings is 1. The maximum atomic E-state index is 12.7. The average molecular weight is 368 g/mol. The number of nitrogens with zero attached hydrogens (tertiary/aromatic N) is 2. The van der Waals surface area contributed by atoms with E-state index in [1.54, 1.807) is 44.4 Å². The van der Waals surface area contributed by atoms with Crippen LogP contribution in [0.15, 0.2) is 48.5 Å². The second-order valence-electron chi connectivity index (χ2n) is 6.25. The zero-order chi connectivity index (χ0) is 19.2. The molecule has 0 bridgehead atoms. The molecule has 0 unspecified atom stereocenters. The fourth-order valence-corrected chi connectivity index (χ4v) is 3.20. The van der Waals surface area contributed by atoms with Crippen LogP contribution in [0.25, 0.3) is 0 Å². The van der Waals surface area contributed by atoms with E-state index < -0.39 is 0 Å². The van der Waals surface area contributed by atoms with Gasteiger partial charge in [-0.2, -0.15) is 0 Å². The molecule has 1 fully saturated rings. The molecule has 0 aromatic heterocycles. The number of rotatable bonds is 5. The molecule has 0 aliphatic carbocycles. The number of carbonyl (C=O) groups is 2. The quantitative estimate of drug-likeness (QED) is 0.760. The molecule has 6 nitrogen and oxygen atoms in total. The molecular weight excluding hydrogens is 344 g/mol. The largest absolute Gasteiger partial charge is 0.497 e. The molecule has 142 valence electrons. The van der Waals surface area contributed by atoms with Crippen molar-refractivity contribution >= 4 is 17.6 Å². The highest BCUT2D eigenvalue weighted by Gasteiger charge is 2.25. The number of anilines is 1. The number of methoxy groups -OCH3 is 1. The molecule has 27 heavy (non-hydrogen) atoms. The summed E-state index contributed by atoms with van der Waals surface area (Å²) in [5, 5.41) is 0. The lowest BCUT2D eigenvalue weighted by atomic mass is 10.1. The van der Waals surface area contributed by atoms with Gasteiger partial charge in [0.2, 0.25) is 0 Å². The molecule has 3 rings (SSSR count). The fraction of sp³-hybridized carbons (Fsp3) is 0.333. The van der Waals surface area contributed by atoms with Gasteiger partial charge in [0.15, 0.2) is 0 Å². The fourth-order valence-electron chi connectivity index (χ4n) is 3.20. The van der Waals surface area contributed by atoms with Gasteiger partial charge >= 0.3 is 5.97 Å². The summed E-state index contributed by atoms with van der Waals surface area (Å²) < 4.78 is 10.3. The Hall–Kier alpha value is -3.02. The Morgan fingerprint density at radius 3 is 2.26 bits per heavy atom. The van der Waals surface area contributed by atoms with E-state index in [4.69, 9.17) is 9.47 Å². The summed E-state index contributed by atoms with van der Waals surface area (Å²) in [6.45, 7) is 4.67. The Morgan fingerprint density at radius 2 is 1.63 bits per heavy atom. The predicted molar refractivity (Wildman–Crippen MR) is 104 cm³/mol. The van der Waals surface area contributed by atoms with Crippen LogP contribution in [-0.2, 0) is 4.74 Å². The first kappa shape index (κ1) is 18.8. The molecule has 0 atom stereocenters. The zero-order valence-electron chi connectivity index (χ0n) is 15.7. The van der Waals surface area contributed by atoms with E-state index in [9.17, 15) is 9.59 Å². The molecule has 0 radical (unpaired) electrons. The molecule has 2 aromatic rings. The minimum absolute atomic E-state index is 0.0102. The topological polar surface area (TPSA) is 59.1 Å². The van der Waals surface area contributed by atoms with Crippen molar-refractivity contribution in [2.24, 2.45) is 0 Å². The SMILES string of the molecule is CCOC(=O)c1ccccc1N1CCN(C(=O)c2ccc(OC)cc2)CC1. The van der Waals surface area contributed by atoms with Crippen LogP contribution in [-0.4, -0.2) is 56.7 Å². The number of ether oxygens (including phenoxy) is 2. The third-order valence-electron chi connectivity index (χ3n) is 4.64. The van der Waals surface area contributed by atoms with E-state index >= 15 is 0 Å². The molecule has 0 N–H and O–H groups in total. The van der Waals surface area contributed by atoms with E-state index in [2.05, 4.69) is 4.90 Å². The van der Waals surface area contributed by atoms with Gasteiger partial charge in [0, 0.05) is 31.7 Å². The van der Waals surface area contributed by atoms with Gasteiger partial charge in [0.25, 0.3) is 5.91 Å². The molecular formula is C21H24N2O4. The third kappa shape index (κ3) is 4.22. The van der Waals surface area contributed by atoms with Crippen molar-refractivity contribution in [1.29, 1.82) is 0 Å². The molecule has 0 saturated carbocycles. The van der Waals surface area contributed by atoms with Crippen LogP contribution in [0.4, 0.5) is 5.69 Å². The summed E-state index contributed by atoms with van der Waals surface area (Å²) in [6, 6.07) is 14.6. The van der Waals surface area contributed by atoms with Crippen LogP contribution in [0.3, 0.4) is 0 Å². The van der Waals surface area contributed by atoms with E-state index in [0.29, 0.717) is 43.9 Å². The molecule has 1 amide bonds. The number of amides is 1. The summed E-state index contributed by atoms with van der Waals surface area (Å²) in [7, 11) is 1.60. The first-order chi connectivity index (χ1) is 13.1. The van der Waals surface area contributed by atoms with E-state index in [1.165, 1.54) is 0 Å². The minimum Gasteiger partial charge on any atom is -0.497 e. The van der Waals surface area contributed by atoms with Crippen molar-refractivity contribution in [3.05, 3.63) is 59.7 Å². The Balaban J connectivity index is 1.67. The van der Waals surface area contributed by atoms with Crippen molar-refractivity contribution in [2.45, 2.75) is 6.92 Å². The first-order valence-electron chi connectivity index (χ1n) is 9.08. The minimum atomic E-state index is -0.315. The summed E-state index contributed by atoms with van der Waals surface area (Å²) in [5.74, 6) is 0.424. The zero-order valence-corrected chi connectivity index (χ0v) is 15.7. The van der Waals surface area contributed by atoms with Crippen molar-refractivity contribution in [3.63, 3.8) is 0 Å². The van der Waals surface area contributed by atoms with Gasteiger partial charge in [0.05, 0.1) is 25.0 Å². The van der Waals surface area contributed by atoms with Crippen LogP contribution >= 0.6 is 0 Å². The maximum Gasteiger partial charge on any atom is 0.340 e. The second kappa shape index (κ2) is 8.58. The van der Waals surface area contributed by atoms with Crippen LogP contribution in [0.5, 0.6) is 5.75 Å². The van der Waals surface area contributed by atoms with E-state index in [0.717, 1.165) is 11.4 Å². The smallest absolute Gasteiger partial charge is 0.340 e. The molecule has 1 saturated heterocycles. The lowest BCUT2D eigenvalue weighted by Crippen LogP contribution is -2.49. The van der Waals surface area contributed by atoms with Crippen molar-refractivity contribution < 1.29 is 19.1 Å². The van der Waals surface area contributed by atoms with E-state index in [-0.39, 0.29) is 11.9 Å². The maximum absolute atomic E-state index is 12.7. The summed E-state index contributed by atoms with van der Waals surface area (Å²) in [6.07, 6.45) is 0. The lowest BCUT2D eigenvalue weighted by molar-refractivity contribution is 0.0526. The number of benzene rings is 2. The number of para-hydroxylation sites is 1. The van der Waals surface area contributed by atoms with Crippen LogP contribution in [0, 0.1) is 0 Å². The van der Waals surface area contributed by atoms with Gasteiger partial charge in [-0.3, -0.25) is 4.79 Å². The molecule has 6 heteroatoms. The Kier molecular flexibility index (Phi) is 5.96. The van der Waals surface area contributed by atoms with E-state index in [1.807, 2.05) is 23.1 Å². The third-order valence-corrected chi connectivity index (χ3v) is 4.64. The van der Waals surface area contributed by atoms with Gasteiger partial charge < -0.3 is 19.3 Å². The van der Waals surface area contributed by atoms with Crippen molar-refractivity contribution in [1.82, 2.24) is 4.90 Å². The predicted octanol–water partition coefficient (Wildman–Crippen LogP) is 2.83. The normalized spacial score (nSPS) is 14.0. The Labute approximate surface area is 159 Å². The van der Waals surface area contributed by atoms with Crippen molar-refractivity contribution in [2.75, 3.05) is 44.8 Å². The van der Waals surface area contributed by atoms with Crippen molar-refractivity contribution in [3.8, 4) is 5.75 Å². The summed E-state index contributed by atoms with van der Waals surface area (Å²) in [4.78, 5) is 28.9. The molecule has 2 aromatic carbocycles. The first-order valence-corrected chi connectivity index (χ1v) is 9.08. The highest BCUT2D eigenvalue weighted by Crippen LogP contribution is 2.23. The highest BCUT2D eigenvalue weighted by atomic mass is 16.5. The monoisotopic (exact) mass is 368 g/mol. The number of carbonyl (C=O) groups excluding carboxylic acids is 2. The Bertz CT molecular complexity index is 796. The number of hydrogen-bond acceptors (Lipinski definition) is 5.